The van der Waals surface area contributed by atoms with Crippen LogP contribution in [0.1, 0.15) is 58.8 Å². The lowest BCUT2D eigenvalue weighted by Crippen LogP contribution is -2.62. The standard InChI is InChI=1S/C24H36O5S2/c1-22-9-7-16(25)11-15(22)5-6-17-18-8-10-24(29-14-31-4,21(27)28-13-30-3)23(18,2)12-19(26)20(17)22/h11,17-20,26H,5-10,12-14H2,1-4H3/t17-,18-,19-,20+,22-,23-,24-/m0/s1. The first kappa shape index (κ1) is 23.7. The van der Waals surface area contributed by atoms with Crippen LogP contribution in [0.4, 0.5) is 0 Å². The zero-order valence-electron chi connectivity index (χ0n) is 19.1. The molecule has 0 aromatic heterocycles. The van der Waals surface area contributed by atoms with Crippen LogP contribution in [0.5, 0.6) is 0 Å². The molecule has 0 aliphatic heterocycles. The first-order chi connectivity index (χ1) is 14.7. The molecular formula is C24H36O5S2. The van der Waals surface area contributed by atoms with E-state index in [4.69, 9.17) is 9.47 Å². The van der Waals surface area contributed by atoms with Crippen molar-refractivity contribution in [3.05, 3.63) is 11.6 Å². The second-order valence-electron chi connectivity index (χ2n) is 10.3. The molecule has 3 saturated carbocycles. The normalized spacial score (nSPS) is 44.2. The lowest BCUT2D eigenvalue weighted by Gasteiger charge is -2.60. The summed E-state index contributed by atoms with van der Waals surface area (Å²) in [4.78, 5) is 25.5. The van der Waals surface area contributed by atoms with Gasteiger partial charge in [-0.25, -0.2) is 4.79 Å². The van der Waals surface area contributed by atoms with E-state index in [1.165, 1.54) is 17.3 Å². The van der Waals surface area contributed by atoms with Crippen molar-refractivity contribution in [2.24, 2.45) is 28.6 Å². The molecule has 0 bridgehead atoms. The first-order valence-electron chi connectivity index (χ1n) is 11.4. The van der Waals surface area contributed by atoms with Crippen LogP contribution in [0.25, 0.3) is 0 Å². The van der Waals surface area contributed by atoms with E-state index >= 15 is 0 Å². The van der Waals surface area contributed by atoms with Crippen molar-refractivity contribution >= 4 is 35.3 Å². The highest BCUT2D eigenvalue weighted by molar-refractivity contribution is 7.98. The number of fused-ring (bicyclic) bond motifs is 5. The maximum Gasteiger partial charge on any atom is 0.339 e. The van der Waals surface area contributed by atoms with Gasteiger partial charge in [0.2, 0.25) is 0 Å². The van der Waals surface area contributed by atoms with Gasteiger partial charge in [-0.3, -0.25) is 4.79 Å². The van der Waals surface area contributed by atoms with Crippen LogP contribution >= 0.6 is 23.5 Å². The molecule has 0 saturated heterocycles. The Morgan fingerprint density at radius 2 is 1.90 bits per heavy atom. The summed E-state index contributed by atoms with van der Waals surface area (Å²) in [7, 11) is 0. The number of hydrogen-bond acceptors (Lipinski definition) is 7. The van der Waals surface area contributed by atoms with Crippen LogP contribution in [0.15, 0.2) is 11.6 Å². The van der Waals surface area contributed by atoms with Gasteiger partial charge in [0.15, 0.2) is 11.4 Å². The van der Waals surface area contributed by atoms with Crippen molar-refractivity contribution < 1.29 is 24.2 Å². The topological polar surface area (TPSA) is 72.8 Å². The van der Waals surface area contributed by atoms with Crippen molar-refractivity contribution in [2.45, 2.75) is 70.5 Å². The average Bonchev–Trinajstić information content (AvgIpc) is 3.03. The first-order valence-corrected chi connectivity index (χ1v) is 14.2. The highest BCUT2D eigenvalue weighted by atomic mass is 32.2. The molecule has 0 heterocycles. The molecular weight excluding hydrogens is 432 g/mol. The summed E-state index contributed by atoms with van der Waals surface area (Å²) in [5.41, 5.74) is -0.347. The smallest absolute Gasteiger partial charge is 0.339 e. The fourth-order valence-corrected chi connectivity index (χ4v) is 8.24. The molecule has 5 nitrogen and oxygen atoms in total. The quantitative estimate of drug-likeness (QED) is 0.457. The molecule has 31 heavy (non-hydrogen) atoms. The third-order valence-electron chi connectivity index (χ3n) is 9.08. The van der Waals surface area contributed by atoms with E-state index in [1.807, 2.05) is 18.6 Å². The van der Waals surface area contributed by atoms with Crippen LogP contribution in [0, 0.1) is 28.6 Å². The van der Waals surface area contributed by atoms with Crippen molar-refractivity contribution in [1.82, 2.24) is 0 Å². The minimum absolute atomic E-state index is 0.123. The summed E-state index contributed by atoms with van der Waals surface area (Å²) in [5, 5.41) is 11.6. The maximum atomic E-state index is 13.4. The van der Waals surface area contributed by atoms with E-state index in [-0.39, 0.29) is 23.1 Å². The summed E-state index contributed by atoms with van der Waals surface area (Å²) in [6.45, 7) is 4.41. The van der Waals surface area contributed by atoms with Crippen molar-refractivity contribution in [2.75, 3.05) is 24.4 Å². The molecule has 1 N–H and O–H groups in total. The SMILES string of the molecule is CSCOC(=O)[C@@]1(OCSC)CC[C@H]2[C@@H]3CCC4=CC(=O)CC[C@]4(C)[C@H]3[C@@H](O)C[C@@]21C. The number of carbonyl (C=O) groups is 2. The van der Waals surface area contributed by atoms with Crippen molar-refractivity contribution in [1.29, 1.82) is 0 Å². The molecule has 4 rings (SSSR count). The van der Waals surface area contributed by atoms with Gasteiger partial charge in [-0.05, 0) is 80.3 Å². The second kappa shape index (κ2) is 8.69. The van der Waals surface area contributed by atoms with Gasteiger partial charge in [0.25, 0.3) is 0 Å². The van der Waals surface area contributed by atoms with Gasteiger partial charge in [-0.15, -0.1) is 23.5 Å². The number of aliphatic hydroxyl groups excluding tert-OH is 1. The molecule has 0 unspecified atom stereocenters. The highest BCUT2D eigenvalue weighted by Gasteiger charge is 2.70. The molecule has 0 aromatic carbocycles. The number of aliphatic hydroxyl groups is 1. The van der Waals surface area contributed by atoms with Crippen LogP contribution < -0.4 is 0 Å². The van der Waals surface area contributed by atoms with Crippen molar-refractivity contribution in [3.63, 3.8) is 0 Å². The lowest BCUT2D eigenvalue weighted by atomic mass is 9.45. The van der Waals surface area contributed by atoms with Gasteiger partial charge >= 0.3 is 5.97 Å². The minimum atomic E-state index is -0.998. The Morgan fingerprint density at radius 3 is 2.61 bits per heavy atom. The number of thioether (sulfide) groups is 2. The van der Waals surface area contributed by atoms with Gasteiger partial charge in [-0.1, -0.05) is 19.4 Å². The monoisotopic (exact) mass is 468 g/mol. The van der Waals surface area contributed by atoms with Gasteiger partial charge in [0.05, 0.1) is 12.0 Å². The minimum Gasteiger partial charge on any atom is -0.452 e. The number of allylic oxidation sites excluding steroid dienone is 1. The fourth-order valence-electron chi connectivity index (χ4n) is 7.70. The molecule has 4 aliphatic carbocycles. The van der Waals surface area contributed by atoms with Gasteiger partial charge in [0.1, 0.15) is 5.94 Å². The highest BCUT2D eigenvalue weighted by Crippen LogP contribution is 2.68. The van der Waals surface area contributed by atoms with E-state index in [2.05, 4.69) is 13.8 Å². The molecule has 0 amide bonds. The molecule has 0 radical (unpaired) electrons. The van der Waals surface area contributed by atoms with Crippen molar-refractivity contribution in [3.8, 4) is 0 Å². The number of hydrogen-bond donors (Lipinski definition) is 1. The summed E-state index contributed by atoms with van der Waals surface area (Å²) in [5.74, 6) is 1.49. The second-order valence-corrected chi connectivity index (χ2v) is 12.0. The van der Waals surface area contributed by atoms with Crippen LogP contribution in [0.2, 0.25) is 0 Å². The van der Waals surface area contributed by atoms with E-state index in [0.717, 1.165) is 25.7 Å². The Morgan fingerprint density at radius 1 is 1.16 bits per heavy atom. The number of carbonyl (C=O) groups excluding carboxylic acids is 2. The third-order valence-corrected chi connectivity index (χ3v) is 9.78. The Hall–Kier alpha value is -0.500. The van der Waals surface area contributed by atoms with Gasteiger partial charge in [-0.2, -0.15) is 0 Å². The summed E-state index contributed by atoms with van der Waals surface area (Å²) in [6, 6.07) is 0. The maximum absolute atomic E-state index is 13.4. The number of rotatable bonds is 6. The summed E-state index contributed by atoms with van der Waals surface area (Å²) in [6.07, 6.45) is 10.6. The summed E-state index contributed by atoms with van der Waals surface area (Å²) < 4.78 is 12.0. The average molecular weight is 469 g/mol. The van der Waals surface area contributed by atoms with Gasteiger partial charge in [0, 0.05) is 11.8 Å². The molecule has 0 spiro atoms. The zero-order valence-corrected chi connectivity index (χ0v) is 20.8. The summed E-state index contributed by atoms with van der Waals surface area (Å²) >= 11 is 3.05. The number of esters is 1. The Labute approximate surface area is 194 Å². The molecule has 7 heteroatoms. The lowest BCUT2D eigenvalue weighted by molar-refractivity contribution is -0.206. The largest absolute Gasteiger partial charge is 0.452 e. The zero-order chi connectivity index (χ0) is 22.4. The molecule has 4 aliphatic rings. The molecule has 174 valence electrons. The molecule has 0 aromatic rings. The fraction of sp³-hybridized carbons (Fsp3) is 0.833. The number of ether oxygens (including phenoxy) is 2. The predicted molar refractivity (Wildman–Crippen MR) is 125 cm³/mol. The number of ketones is 1. The van der Waals surface area contributed by atoms with Crippen LogP contribution in [-0.4, -0.2) is 53.0 Å². The van der Waals surface area contributed by atoms with E-state index in [1.54, 1.807) is 11.8 Å². The van der Waals surface area contributed by atoms with E-state index in [0.29, 0.717) is 43.0 Å². The molecule has 7 atom stereocenters. The van der Waals surface area contributed by atoms with E-state index in [9.17, 15) is 14.7 Å². The Bertz CT molecular complexity index is 769. The van der Waals surface area contributed by atoms with Gasteiger partial charge < -0.3 is 14.6 Å². The van der Waals surface area contributed by atoms with E-state index < -0.39 is 17.1 Å². The Balaban J connectivity index is 1.70. The van der Waals surface area contributed by atoms with Crippen LogP contribution in [0.3, 0.4) is 0 Å². The van der Waals surface area contributed by atoms with Crippen LogP contribution in [-0.2, 0) is 19.1 Å². The molecule has 3 fully saturated rings. The predicted octanol–water partition coefficient (Wildman–Crippen LogP) is 4.43. The Kier molecular flexibility index (Phi) is 6.63. The third kappa shape index (κ3) is 3.53.